The van der Waals surface area contributed by atoms with Crippen LogP contribution in [0.15, 0.2) is 29.1 Å². The molecule has 0 unspecified atom stereocenters. The number of nitrogens with zero attached hydrogens (tertiary/aromatic N) is 4. The van der Waals surface area contributed by atoms with Gasteiger partial charge in [-0.05, 0) is 31.0 Å². The number of hydrogen-bond acceptors (Lipinski definition) is 4. The van der Waals surface area contributed by atoms with E-state index in [1.54, 1.807) is 11.6 Å². The van der Waals surface area contributed by atoms with Crippen LogP contribution in [-0.2, 0) is 6.42 Å². The van der Waals surface area contributed by atoms with Gasteiger partial charge in [0.25, 0.3) is 5.56 Å². The van der Waals surface area contributed by atoms with Crippen LogP contribution in [0, 0.1) is 6.92 Å². The number of fused-ring (bicyclic) bond motifs is 1. The average molecular weight is 255 g/mol. The number of aryl methyl sites for hydroxylation is 2. The summed E-state index contributed by atoms with van der Waals surface area (Å²) < 4.78 is 1.59. The lowest BCUT2D eigenvalue weighted by Gasteiger charge is -2.03. The zero-order valence-electron chi connectivity index (χ0n) is 10.7. The van der Waals surface area contributed by atoms with E-state index in [4.69, 9.17) is 0 Å². The summed E-state index contributed by atoms with van der Waals surface area (Å²) >= 11 is 0. The van der Waals surface area contributed by atoms with Gasteiger partial charge in [0.05, 0.1) is 5.69 Å². The van der Waals surface area contributed by atoms with Crippen LogP contribution in [0.2, 0.25) is 0 Å². The van der Waals surface area contributed by atoms with Crippen molar-refractivity contribution >= 4 is 11.2 Å². The second-order valence-corrected chi connectivity index (χ2v) is 4.35. The summed E-state index contributed by atoms with van der Waals surface area (Å²) in [4.78, 5) is 18.7. The molecule has 0 fully saturated rings. The molecule has 6 heteroatoms. The summed E-state index contributed by atoms with van der Waals surface area (Å²) in [5, 5.41) is 7.92. The lowest BCUT2D eigenvalue weighted by atomic mass is 10.1. The molecule has 3 aromatic rings. The smallest absolute Gasteiger partial charge is 0.281 e. The maximum absolute atomic E-state index is 11.8. The van der Waals surface area contributed by atoms with Crippen molar-refractivity contribution < 1.29 is 0 Å². The Morgan fingerprint density at radius 3 is 3.00 bits per heavy atom. The van der Waals surface area contributed by atoms with Gasteiger partial charge >= 0.3 is 0 Å². The van der Waals surface area contributed by atoms with Crippen molar-refractivity contribution in [3.05, 3.63) is 46.0 Å². The topological polar surface area (TPSA) is 76.5 Å². The Balaban J connectivity index is 2.28. The first-order valence-corrected chi connectivity index (χ1v) is 6.10. The van der Waals surface area contributed by atoms with E-state index in [2.05, 4.69) is 27.2 Å². The van der Waals surface area contributed by atoms with Crippen LogP contribution in [0.5, 0.6) is 0 Å². The number of nitrogens with one attached hydrogen (secondary N) is 1. The third-order valence-corrected chi connectivity index (χ3v) is 2.99. The van der Waals surface area contributed by atoms with E-state index in [0.29, 0.717) is 11.5 Å². The number of rotatable bonds is 2. The summed E-state index contributed by atoms with van der Waals surface area (Å²) in [6.45, 7) is 3.83. The summed E-state index contributed by atoms with van der Waals surface area (Å²) in [5.41, 5.74) is 2.53. The molecule has 1 N–H and O–H groups in total. The molecule has 0 saturated heterocycles. The molecule has 0 atom stereocenters. The van der Waals surface area contributed by atoms with Crippen molar-refractivity contribution in [3.8, 4) is 5.69 Å². The highest BCUT2D eigenvalue weighted by molar-refractivity contribution is 5.70. The first kappa shape index (κ1) is 11.6. The van der Waals surface area contributed by atoms with Crippen LogP contribution in [0.25, 0.3) is 16.9 Å². The molecule has 0 saturated carbocycles. The maximum Gasteiger partial charge on any atom is 0.281 e. The molecular weight excluding hydrogens is 242 g/mol. The molecule has 1 aromatic carbocycles. The molecule has 0 amide bonds. The van der Waals surface area contributed by atoms with E-state index in [0.717, 1.165) is 12.1 Å². The van der Waals surface area contributed by atoms with Crippen LogP contribution in [0.1, 0.15) is 18.3 Å². The number of H-pyrrole nitrogens is 1. The summed E-state index contributed by atoms with van der Waals surface area (Å²) in [7, 11) is 0. The predicted molar refractivity (Wildman–Crippen MR) is 71.4 cm³/mol. The van der Waals surface area contributed by atoms with Gasteiger partial charge in [0.2, 0.25) is 0 Å². The molecule has 3 rings (SSSR count). The number of aromatic amines is 1. The van der Waals surface area contributed by atoms with Gasteiger partial charge in [-0.1, -0.05) is 24.3 Å². The summed E-state index contributed by atoms with van der Waals surface area (Å²) in [6, 6.07) is 7.95. The number of aromatic nitrogens is 5. The Morgan fingerprint density at radius 2 is 2.21 bits per heavy atom. The van der Waals surface area contributed by atoms with E-state index in [-0.39, 0.29) is 11.1 Å². The van der Waals surface area contributed by atoms with Gasteiger partial charge in [0.15, 0.2) is 11.2 Å². The van der Waals surface area contributed by atoms with Gasteiger partial charge in [0.1, 0.15) is 5.82 Å². The minimum atomic E-state index is -0.264. The highest BCUT2D eigenvalue weighted by Gasteiger charge is 2.11. The molecule has 0 aliphatic heterocycles. The van der Waals surface area contributed by atoms with Crippen LogP contribution in [0.3, 0.4) is 0 Å². The first-order valence-electron chi connectivity index (χ1n) is 6.10. The number of hydrogen-bond donors (Lipinski definition) is 1. The quantitative estimate of drug-likeness (QED) is 0.750. The Bertz CT molecular complexity index is 802. The van der Waals surface area contributed by atoms with E-state index >= 15 is 0 Å². The molecular formula is C13H13N5O. The van der Waals surface area contributed by atoms with Gasteiger partial charge in [-0.3, -0.25) is 4.79 Å². The third kappa shape index (κ3) is 1.91. The molecule has 2 heterocycles. The summed E-state index contributed by atoms with van der Waals surface area (Å²) in [6.07, 6.45) is 0.938. The molecule has 2 aromatic heterocycles. The molecule has 0 aliphatic carbocycles. The number of benzene rings is 1. The highest BCUT2D eigenvalue weighted by Crippen LogP contribution is 2.14. The molecule has 0 aliphatic rings. The maximum atomic E-state index is 11.8. The second-order valence-electron chi connectivity index (χ2n) is 4.35. The van der Waals surface area contributed by atoms with Crippen molar-refractivity contribution in [1.82, 2.24) is 25.0 Å². The van der Waals surface area contributed by atoms with Crippen molar-refractivity contribution in [3.63, 3.8) is 0 Å². The Kier molecular flexibility index (Phi) is 2.63. The van der Waals surface area contributed by atoms with E-state index in [9.17, 15) is 4.79 Å². The van der Waals surface area contributed by atoms with Gasteiger partial charge in [-0.2, -0.15) is 4.68 Å². The zero-order chi connectivity index (χ0) is 13.4. The molecule has 96 valence electrons. The lowest BCUT2D eigenvalue weighted by molar-refractivity contribution is 0.814. The van der Waals surface area contributed by atoms with E-state index in [1.807, 2.05) is 24.3 Å². The van der Waals surface area contributed by atoms with Crippen molar-refractivity contribution in [2.24, 2.45) is 0 Å². The highest BCUT2D eigenvalue weighted by atomic mass is 16.1. The van der Waals surface area contributed by atoms with Crippen LogP contribution >= 0.6 is 0 Å². The summed E-state index contributed by atoms with van der Waals surface area (Å²) in [5.74, 6) is 0.549. The average Bonchev–Trinajstić information content (AvgIpc) is 2.82. The Labute approximate surface area is 109 Å². The minimum Gasteiger partial charge on any atom is -0.309 e. The standard InChI is InChI=1S/C13H13N5O/c1-3-9-5-4-6-10(7-9)18-12-11(16-17-18)13(19)15-8(2)14-12/h4-7H,3H2,1-2H3,(H,14,15,19). The fourth-order valence-corrected chi connectivity index (χ4v) is 2.02. The monoisotopic (exact) mass is 255 g/mol. The van der Waals surface area contributed by atoms with Gasteiger partial charge in [-0.15, -0.1) is 5.10 Å². The van der Waals surface area contributed by atoms with Crippen LogP contribution in [-0.4, -0.2) is 25.0 Å². The third-order valence-electron chi connectivity index (χ3n) is 2.99. The zero-order valence-corrected chi connectivity index (χ0v) is 10.7. The van der Waals surface area contributed by atoms with Crippen molar-refractivity contribution in [2.45, 2.75) is 20.3 Å². The lowest BCUT2D eigenvalue weighted by Crippen LogP contribution is -2.10. The van der Waals surface area contributed by atoms with Crippen molar-refractivity contribution in [1.29, 1.82) is 0 Å². The van der Waals surface area contributed by atoms with Gasteiger partial charge in [0, 0.05) is 0 Å². The molecule has 6 nitrogen and oxygen atoms in total. The van der Waals surface area contributed by atoms with Crippen LogP contribution < -0.4 is 5.56 Å². The fraction of sp³-hybridized carbons (Fsp3) is 0.231. The molecule has 0 spiro atoms. The van der Waals surface area contributed by atoms with Crippen LogP contribution in [0.4, 0.5) is 0 Å². The second kappa shape index (κ2) is 4.31. The van der Waals surface area contributed by atoms with E-state index < -0.39 is 0 Å². The van der Waals surface area contributed by atoms with Crippen molar-refractivity contribution in [2.75, 3.05) is 0 Å². The predicted octanol–water partition coefficient (Wildman–Crippen LogP) is 1.37. The first-order chi connectivity index (χ1) is 9.19. The Morgan fingerprint density at radius 1 is 1.37 bits per heavy atom. The molecule has 0 bridgehead atoms. The minimum absolute atomic E-state index is 0.257. The molecule has 19 heavy (non-hydrogen) atoms. The largest absolute Gasteiger partial charge is 0.309 e. The van der Waals surface area contributed by atoms with E-state index in [1.165, 1.54) is 5.56 Å². The van der Waals surface area contributed by atoms with Gasteiger partial charge < -0.3 is 4.98 Å². The van der Waals surface area contributed by atoms with Gasteiger partial charge in [-0.25, -0.2) is 4.98 Å². The normalized spacial score (nSPS) is 11.1. The molecule has 0 radical (unpaired) electrons. The fourth-order valence-electron chi connectivity index (χ4n) is 2.02. The Hall–Kier alpha value is -2.50. The SMILES string of the molecule is CCc1cccc(-n2nnc3c(=O)[nH]c(C)nc32)c1.